The topological polar surface area (TPSA) is 0 Å². The van der Waals surface area contributed by atoms with E-state index in [4.69, 9.17) is 0 Å². The van der Waals surface area contributed by atoms with Gasteiger partial charge in [0.05, 0.1) is 0 Å². The third-order valence-corrected chi connectivity index (χ3v) is 0. The van der Waals surface area contributed by atoms with E-state index >= 15 is 0 Å². The van der Waals surface area contributed by atoms with Crippen LogP contribution in [-0.2, 0) is 0 Å². The molecule has 0 spiro atoms. The fourth-order valence-electron chi connectivity index (χ4n) is 0. The van der Waals surface area contributed by atoms with Gasteiger partial charge >= 0.3 is 29.6 Å². The summed E-state index contributed by atoms with van der Waals surface area (Å²) < 4.78 is 0. The minimum atomic E-state index is 0. The second-order valence-corrected chi connectivity index (χ2v) is 0. The molecule has 0 aromatic carbocycles. The van der Waals surface area contributed by atoms with E-state index in [0.717, 1.165) is 0 Å². The van der Waals surface area contributed by atoms with E-state index in [1.54, 1.807) is 0 Å². The number of hydrogen-bond acceptors (Lipinski definition) is 0. The zero-order valence-corrected chi connectivity index (χ0v) is 44.1. The van der Waals surface area contributed by atoms with Crippen LogP contribution in [0.2, 0.25) is 0 Å². The second-order valence-electron chi connectivity index (χ2n) is 0. The molecule has 0 fully saturated rings. The number of rotatable bonds is 0. The van der Waals surface area contributed by atoms with E-state index in [2.05, 4.69) is 0 Å². The fraction of sp³-hybridized carbons (Fsp3) is 0. The third kappa shape index (κ3) is 748. The zero-order chi connectivity index (χ0) is 0. The van der Waals surface area contributed by atoms with Gasteiger partial charge in [0.1, 0.15) is 0 Å². The molecule has 37 heteroatoms. The van der Waals surface area contributed by atoms with Crippen LogP contribution >= 0.6 is 447 Å². The number of hydrogen-bond donors (Lipinski definition) is 0. The molecule has 0 aliphatic carbocycles. The Morgan fingerprint density at radius 3 is 0.0541 bits per heavy atom. The van der Waals surface area contributed by atoms with Gasteiger partial charge in [-0.3, -0.25) is 0 Å². The molecule has 0 nitrogen and oxygen atoms in total. The van der Waals surface area contributed by atoms with Crippen LogP contribution in [0.1, 0.15) is 0 Å². The minimum absolute atomic E-state index is 0. The summed E-state index contributed by atoms with van der Waals surface area (Å²) in [6, 6.07) is 0. The first kappa shape index (κ1) is 833. The molecule has 0 saturated heterocycles. The summed E-state index contributed by atoms with van der Waals surface area (Å²) in [7, 11) is 0. The van der Waals surface area contributed by atoms with Crippen molar-refractivity contribution in [3.63, 3.8) is 0 Å². The Kier molecular flexibility index (Phi) is 17600. The maximum absolute atomic E-state index is 0. The van der Waals surface area contributed by atoms with Crippen molar-refractivity contribution in [2.75, 3.05) is 0 Å². The second kappa shape index (κ2) is 782. The monoisotopic (exact) mass is 1320 g/mol. The molecule has 0 saturated carbocycles. The van der Waals surface area contributed by atoms with Gasteiger partial charge in [0, 0.05) is 0 Å². The van der Waals surface area contributed by atoms with Crippen molar-refractivity contribution in [3.8, 4) is 0 Å². The molecular formula is H37Cl36Na. The average molecular weight is 1340 g/mol. The van der Waals surface area contributed by atoms with Gasteiger partial charge in [-0.05, 0) is 0 Å². The van der Waals surface area contributed by atoms with Crippen LogP contribution in [0.15, 0.2) is 0 Å². The fourth-order valence-corrected chi connectivity index (χ4v) is 0. The number of halogens is 36. The predicted octanol–water partition coefficient (Wildman–Crippen LogP) is 14.5. The predicted molar refractivity (Wildman–Crippen MR) is 268 cm³/mol. The van der Waals surface area contributed by atoms with Crippen LogP contribution < -0.4 is 0 Å². The summed E-state index contributed by atoms with van der Waals surface area (Å²) in [6.45, 7) is 0. The van der Waals surface area contributed by atoms with E-state index in [1.807, 2.05) is 0 Å². The Morgan fingerprint density at radius 2 is 0.0541 bits per heavy atom. The Morgan fingerprint density at radius 1 is 0.0541 bits per heavy atom. The molecule has 0 unspecified atom stereocenters. The van der Waals surface area contributed by atoms with E-state index in [-0.39, 0.29) is 476 Å². The normalized spacial score (nSPS) is 0. The van der Waals surface area contributed by atoms with E-state index in [1.165, 1.54) is 0 Å². The van der Waals surface area contributed by atoms with Crippen molar-refractivity contribution in [2.45, 2.75) is 0 Å². The van der Waals surface area contributed by atoms with Crippen molar-refractivity contribution >= 4 is 476 Å². The Labute approximate surface area is 467 Å². The van der Waals surface area contributed by atoms with Gasteiger partial charge in [-0.1, -0.05) is 0 Å². The summed E-state index contributed by atoms with van der Waals surface area (Å²) in [5.74, 6) is 0. The van der Waals surface area contributed by atoms with Gasteiger partial charge in [0.15, 0.2) is 0 Å². The van der Waals surface area contributed by atoms with Crippen LogP contribution in [0.5, 0.6) is 0 Å². The van der Waals surface area contributed by atoms with Crippen LogP contribution in [0.25, 0.3) is 0 Å². The Hall–Kier alpha value is 11.4. The third-order valence-electron chi connectivity index (χ3n) is 0. The molecule has 0 rings (SSSR count). The molecule has 290 valence electrons. The molecule has 0 aliphatic heterocycles. The molecule has 0 aromatic rings. The van der Waals surface area contributed by atoms with Crippen molar-refractivity contribution in [1.82, 2.24) is 0 Å². The molecule has 37 heavy (non-hydrogen) atoms. The first-order chi connectivity index (χ1) is 0. The van der Waals surface area contributed by atoms with E-state index in [9.17, 15) is 0 Å². The summed E-state index contributed by atoms with van der Waals surface area (Å²) in [5, 5.41) is 0. The van der Waals surface area contributed by atoms with Gasteiger partial charge in [-0.25, -0.2) is 0 Å². The molecular weight excluding hydrogens is 1300 g/mol. The van der Waals surface area contributed by atoms with Gasteiger partial charge in [0.2, 0.25) is 0 Å². The molecule has 0 radical (unpaired) electrons. The van der Waals surface area contributed by atoms with E-state index in [0.29, 0.717) is 0 Å². The first-order valence-corrected chi connectivity index (χ1v) is 0. The van der Waals surface area contributed by atoms with Crippen molar-refractivity contribution < 1.29 is 0 Å². The molecule has 0 amide bonds. The van der Waals surface area contributed by atoms with Gasteiger partial charge in [-0.2, -0.15) is 0 Å². The van der Waals surface area contributed by atoms with Crippen LogP contribution in [0.4, 0.5) is 0 Å². The SMILES string of the molecule is Cl.Cl.Cl.Cl.Cl.Cl.Cl.Cl.Cl.Cl.Cl.Cl.Cl.Cl.Cl.Cl.Cl.Cl.Cl.Cl.Cl.Cl.Cl.Cl.Cl.Cl.Cl.Cl.Cl.Cl.Cl.Cl.Cl.Cl.Cl.Cl.[NaH]. The summed E-state index contributed by atoms with van der Waals surface area (Å²) >= 11 is 0. The molecule has 0 N–H and O–H groups in total. The standard InChI is InChI=1S/36ClH.Na.H/h36*1H;;. The van der Waals surface area contributed by atoms with Crippen LogP contribution in [-0.4, -0.2) is 29.6 Å². The summed E-state index contributed by atoms with van der Waals surface area (Å²) in [5.41, 5.74) is 0. The zero-order valence-electron chi connectivity index (χ0n) is 14.7. The Bertz CT molecular complexity index is 6.63. The van der Waals surface area contributed by atoms with Gasteiger partial charge in [0.25, 0.3) is 0 Å². The van der Waals surface area contributed by atoms with E-state index < -0.39 is 0 Å². The molecule has 0 aromatic heterocycles. The average Bonchev–Trinajstić information content (AvgIpc) is 0. The van der Waals surface area contributed by atoms with Crippen LogP contribution in [0, 0.1) is 0 Å². The summed E-state index contributed by atoms with van der Waals surface area (Å²) in [4.78, 5) is 0. The maximum atomic E-state index is 0. The Balaban J connectivity index is 0. The molecule has 0 bridgehead atoms. The molecule has 0 aliphatic rings. The summed E-state index contributed by atoms with van der Waals surface area (Å²) in [6.07, 6.45) is 0. The van der Waals surface area contributed by atoms with Crippen LogP contribution in [0.3, 0.4) is 0 Å². The molecule has 0 heterocycles. The van der Waals surface area contributed by atoms with Crippen molar-refractivity contribution in [1.29, 1.82) is 0 Å². The quantitative estimate of drug-likeness (QED) is 0.212. The van der Waals surface area contributed by atoms with Gasteiger partial charge in [-0.15, -0.1) is 447 Å². The first-order valence-electron chi connectivity index (χ1n) is 0. The molecule has 0 atom stereocenters. The van der Waals surface area contributed by atoms with Gasteiger partial charge < -0.3 is 0 Å². The van der Waals surface area contributed by atoms with Crippen molar-refractivity contribution in [2.24, 2.45) is 0 Å². The van der Waals surface area contributed by atoms with Crippen molar-refractivity contribution in [3.05, 3.63) is 0 Å².